The molecule has 0 aromatic carbocycles. The molecular weight excluding hydrogens is 552 g/mol. The molecule has 2 aromatic rings. The van der Waals surface area contributed by atoms with Crippen LogP contribution in [-0.4, -0.2) is 79.7 Å². The van der Waals surface area contributed by atoms with Crippen LogP contribution in [0.2, 0.25) is 0 Å². The second-order valence-corrected chi connectivity index (χ2v) is 13.8. The Kier molecular flexibility index (Phi) is 6.19. The highest BCUT2D eigenvalue weighted by molar-refractivity contribution is 8.44. The smallest absolute Gasteiger partial charge is 0.388 e. The van der Waals surface area contributed by atoms with Gasteiger partial charge in [-0.3, -0.25) is 23.5 Å². The van der Waals surface area contributed by atoms with Crippen LogP contribution in [0.3, 0.4) is 0 Å². The Bertz CT molecular complexity index is 1330. The van der Waals surface area contributed by atoms with Crippen LogP contribution < -0.4 is 11.1 Å². The molecule has 10 atom stereocenters. The molecule has 2 unspecified atom stereocenters. The molecule has 1 spiro atoms. The highest BCUT2D eigenvalue weighted by Gasteiger charge is 2.74. The van der Waals surface area contributed by atoms with Crippen molar-refractivity contribution in [2.45, 2.75) is 49.5 Å². The largest absolute Gasteiger partial charge is 0.472 e. The number of nitrogens with one attached hydrogen (secondary N) is 2. The number of anilines is 1. The summed E-state index contributed by atoms with van der Waals surface area (Å²) in [6.45, 7) is -4.63. The number of aliphatic hydroxyl groups excluding tert-OH is 1. The maximum atomic E-state index is 13.2. The van der Waals surface area contributed by atoms with Crippen LogP contribution in [0.5, 0.6) is 0 Å². The zero-order valence-corrected chi connectivity index (χ0v) is 21.7. The van der Waals surface area contributed by atoms with E-state index in [2.05, 4.69) is 32.5 Å². The molecule has 2 aromatic heterocycles. The minimum Gasteiger partial charge on any atom is -0.388 e. The minimum atomic E-state index is -4.62. The van der Waals surface area contributed by atoms with E-state index in [4.69, 9.17) is 34.0 Å². The van der Waals surface area contributed by atoms with Crippen molar-refractivity contribution >= 4 is 50.2 Å². The lowest BCUT2D eigenvalue weighted by Gasteiger charge is -2.30. The first-order valence-corrected chi connectivity index (χ1v) is 15.6. The number of hydrogen-bond acceptors (Lipinski definition) is 13. The predicted molar refractivity (Wildman–Crippen MR) is 129 cm³/mol. The first-order chi connectivity index (χ1) is 17.5. The van der Waals surface area contributed by atoms with Crippen molar-refractivity contribution in [2.24, 2.45) is 11.3 Å². The number of thiol groups is 1. The van der Waals surface area contributed by atoms with E-state index in [0.29, 0.717) is 17.6 Å². The van der Waals surface area contributed by atoms with Gasteiger partial charge in [0.25, 0.3) is 0 Å². The summed E-state index contributed by atoms with van der Waals surface area (Å²) in [4.78, 5) is 22.9. The van der Waals surface area contributed by atoms with Crippen molar-refractivity contribution in [3.05, 3.63) is 12.7 Å². The molecule has 37 heavy (non-hydrogen) atoms. The van der Waals surface area contributed by atoms with Crippen LogP contribution in [0.4, 0.5) is 5.82 Å². The SMILES string of the molecule is N=CN[C@@H]1O[C@@H]2CO[P@](=O)(S)O[C@H]3[C@@H](O)[C@H](n4cnc5c(N)ncnc54)[C@H]4CC43COP(=O)(O)O[C@@H]1C2. The van der Waals surface area contributed by atoms with Crippen molar-refractivity contribution in [1.29, 1.82) is 5.41 Å². The Morgan fingerprint density at radius 3 is 2.89 bits per heavy atom. The van der Waals surface area contributed by atoms with Crippen molar-refractivity contribution in [1.82, 2.24) is 24.8 Å². The number of hydrogen-bond donors (Lipinski definition) is 6. The van der Waals surface area contributed by atoms with Crippen molar-refractivity contribution < 1.29 is 42.0 Å². The maximum Gasteiger partial charge on any atom is 0.472 e. The van der Waals surface area contributed by atoms with Crippen LogP contribution in [0.15, 0.2) is 12.7 Å². The molecule has 19 heteroatoms. The van der Waals surface area contributed by atoms with Crippen LogP contribution in [-0.2, 0) is 32.0 Å². The van der Waals surface area contributed by atoms with Crippen molar-refractivity contribution in [3.63, 3.8) is 0 Å². The first kappa shape index (κ1) is 25.6. The fourth-order valence-corrected chi connectivity index (χ4v) is 8.22. The van der Waals surface area contributed by atoms with Crippen LogP contribution >= 0.6 is 26.9 Å². The number of nitrogen functional groups attached to an aromatic ring is 1. The highest BCUT2D eigenvalue weighted by Crippen LogP contribution is 2.73. The van der Waals surface area contributed by atoms with E-state index in [1.54, 1.807) is 4.57 Å². The molecule has 0 radical (unpaired) electrons. The zero-order valence-electron chi connectivity index (χ0n) is 19.1. The Morgan fingerprint density at radius 1 is 1.30 bits per heavy atom. The van der Waals surface area contributed by atoms with Crippen LogP contribution in [0, 0.1) is 16.7 Å². The van der Waals surface area contributed by atoms with Gasteiger partial charge in [-0.05, 0) is 12.3 Å². The van der Waals surface area contributed by atoms with Gasteiger partial charge in [0.2, 0.25) is 0 Å². The highest BCUT2D eigenvalue weighted by atomic mass is 32.7. The second kappa shape index (κ2) is 8.95. The summed E-state index contributed by atoms with van der Waals surface area (Å²) in [6.07, 6.45) is -0.881. The molecule has 6 N–H and O–H groups in total. The number of nitrogens with two attached hydrogens (primary N) is 1. The number of aromatic nitrogens is 4. The molecule has 2 bridgehead atoms. The van der Waals surface area contributed by atoms with Gasteiger partial charge < -0.3 is 30.4 Å². The summed E-state index contributed by atoms with van der Waals surface area (Å²) in [7, 11) is -4.62. The number of aliphatic hydroxyl groups is 1. The molecule has 2 aliphatic heterocycles. The van der Waals surface area contributed by atoms with Crippen LogP contribution in [0.25, 0.3) is 11.2 Å². The number of nitrogens with zero attached hydrogens (tertiary/aromatic N) is 4. The fraction of sp³-hybridized carbons (Fsp3) is 0.667. The van der Waals surface area contributed by atoms with E-state index in [1.165, 1.54) is 12.7 Å². The van der Waals surface area contributed by atoms with Gasteiger partial charge in [0.15, 0.2) is 17.7 Å². The third-order valence-corrected chi connectivity index (χ3v) is 9.97. The molecular formula is C18H25N7O9P2S. The molecule has 2 saturated heterocycles. The van der Waals surface area contributed by atoms with Gasteiger partial charge in [0, 0.05) is 11.8 Å². The van der Waals surface area contributed by atoms with Gasteiger partial charge in [-0.2, -0.15) is 0 Å². The minimum absolute atomic E-state index is 0.0911. The number of rotatable bonds is 3. The molecule has 4 heterocycles. The van der Waals surface area contributed by atoms with Gasteiger partial charge in [0.1, 0.15) is 30.2 Å². The number of imidazole rings is 1. The zero-order chi connectivity index (χ0) is 26.2. The summed E-state index contributed by atoms with van der Waals surface area (Å²) < 4.78 is 55.5. The topological polar surface area (TPSA) is 226 Å². The Balaban J connectivity index is 1.33. The van der Waals surface area contributed by atoms with Gasteiger partial charge in [-0.25, -0.2) is 24.1 Å². The summed E-state index contributed by atoms with van der Waals surface area (Å²) in [6, 6.07) is -0.658. The average molecular weight is 577 g/mol. The Hall–Kier alpha value is -1.65. The van der Waals surface area contributed by atoms with Crippen molar-refractivity contribution in [3.8, 4) is 0 Å². The summed E-state index contributed by atoms with van der Waals surface area (Å²) in [5, 5.41) is 21.2. The Morgan fingerprint density at radius 2 is 2.11 bits per heavy atom. The number of fused-ring (bicyclic) bond motifs is 3. The van der Waals surface area contributed by atoms with Gasteiger partial charge in [-0.1, -0.05) is 12.2 Å². The molecule has 6 rings (SSSR count). The monoisotopic (exact) mass is 577 g/mol. The summed E-state index contributed by atoms with van der Waals surface area (Å²) >= 11 is 4.11. The molecule has 4 aliphatic rings. The summed E-state index contributed by atoms with van der Waals surface area (Å²) in [5.74, 6) is -0.158. The van der Waals surface area contributed by atoms with E-state index in [-0.39, 0.29) is 31.4 Å². The Labute approximate surface area is 215 Å². The number of phosphoric acid groups is 1. The molecule has 16 nitrogen and oxygen atoms in total. The fourth-order valence-electron chi connectivity index (χ4n) is 5.68. The third kappa shape index (κ3) is 4.40. The number of ether oxygens (including phenoxy) is 1. The molecule has 4 fully saturated rings. The molecule has 0 amide bonds. The molecule has 2 aliphatic carbocycles. The van der Waals surface area contributed by atoms with E-state index < -0.39 is 56.7 Å². The maximum absolute atomic E-state index is 13.2. The molecule has 202 valence electrons. The van der Waals surface area contributed by atoms with Crippen LogP contribution in [0.1, 0.15) is 18.9 Å². The van der Waals surface area contributed by atoms with E-state index in [1.807, 2.05) is 0 Å². The second-order valence-electron chi connectivity index (χ2n) is 9.51. The van der Waals surface area contributed by atoms with Gasteiger partial charge in [-0.15, -0.1) is 0 Å². The quantitative estimate of drug-likeness (QED) is 0.127. The average Bonchev–Trinajstić information content (AvgIpc) is 3.07. The van der Waals surface area contributed by atoms with E-state index in [9.17, 15) is 19.1 Å². The van der Waals surface area contributed by atoms with E-state index >= 15 is 0 Å². The summed E-state index contributed by atoms with van der Waals surface area (Å²) in [5.41, 5.74) is 5.64. The normalized spacial score (nSPS) is 45.8. The lowest BCUT2D eigenvalue weighted by molar-refractivity contribution is -0.0400. The van der Waals surface area contributed by atoms with Gasteiger partial charge in [0.05, 0.1) is 38.0 Å². The first-order valence-electron chi connectivity index (χ1n) is 11.4. The predicted octanol–water partition coefficient (Wildman–Crippen LogP) is 0.598. The number of phosphoric ester groups is 1. The lowest BCUT2D eigenvalue weighted by atomic mass is 10.0. The third-order valence-electron chi connectivity index (χ3n) is 7.38. The van der Waals surface area contributed by atoms with E-state index in [0.717, 1.165) is 6.34 Å². The molecule has 2 saturated carbocycles. The standard InChI is InChI=1S/C18H25N7O9P2S/c19-5-21-17-10-1-8(32-17)3-30-36(29,37)34-14-13(26)12(9-2-18(9,14)4-31-35(27,28)33-10)25-7-24-11-15(20)22-6-23-16(11)25/h5-10,12-14,17,26H,1-4H2,(H2,19,21)(H,27,28)(H,29,37)(H2,20,22,23)/t8-,9+,10+,12+,13-,14-,17+,18?,36-/m0/s1. The van der Waals surface area contributed by atoms with Gasteiger partial charge >= 0.3 is 14.6 Å². The lowest BCUT2D eigenvalue weighted by Crippen LogP contribution is -2.38. The van der Waals surface area contributed by atoms with Crippen molar-refractivity contribution in [2.75, 3.05) is 18.9 Å².